The molecule has 0 bridgehead atoms. The Morgan fingerprint density at radius 3 is 3.19 bits per heavy atom. The van der Waals surface area contributed by atoms with E-state index >= 15 is 0 Å². The van der Waals surface area contributed by atoms with Gasteiger partial charge in [0.15, 0.2) is 0 Å². The number of nitrogens with two attached hydrogens (primary N) is 1. The Labute approximate surface area is 101 Å². The van der Waals surface area contributed by atoms with Crippen molar-refractivity contribution in [2.45, 2.75) is 17.9 Å². The van der Waals surface area contributed by atoms with Crippen molar-refractivity contribution in [1.82, 2.24) is 9.97 Å². The average Bonchev–Trinajstić information content (AvgIpc) is 2.39. The molecule has 1 aromatic heterocycles. The maximum Gasteiger partial charge on any atom is 0.133 e. The smallest absolute Gasteiger partial charge is 0.133 e. The zero-order valence-electron chi connectivity index (χ0n) is 9.59. The highest BCUT2D eigenvalue weighted by Gasteiger charge is 2.19. The fraction of sp³-hybridized carbons (Fsp3) is 0.636. The first-order chi connectivity index (χ1) is 7.83. The van der Waals surface area contributed by atoms with Gasteiger partial charge in [0.05, 0.1) is 0 Å². The van der Waals surface area contributed by atoms with Crippen LogP contribution in [0, 0.1) is 5.92 Å². The van der Waals surface area contributed by atoms with E-state index in [1.165, 1.54) is 12.8 Å². The fourth-order valence-corrected chi connectivity index (χ4v) is 2.46. The topological polar surface area (TPSA) is 55.0 Å². The molecule has 2 heterocycles. The lowest BCUT2D eigenvalue weighted by atomic mass is 9.98. The highest BCUT2D eigenvalue weighted by molar-refractivity contribution is 7.98. The summed E-state index contributed by atoms with van der Waals surface area (Å²) in [6.45, 7) is 2.89. The zero-order valence-corrected chi connectivity index (χ0v) is 10.4. The molecule has 2 N–H and O–H groups in total. The van der Waals surface area contributed by atoms with Gasteiger partial charge >= 0.3 is 0 Å². The summed E-state index contributed by atoms with van der Waals surface area (Å²) in [4.78, 5) is 10.9. The molecule has 1 fully saturated rings. The van der Waals surface area contributed by atoms with Crippen LogP contribution in [0.3, 0.4) is 0 Å². The van der Waals surface area contributed by atoms with E-state index in [-0.39, 0.29) is 0 Å². The summed E-state index contributed by atoms with van der Waals surface area (Å²) in [6.07, 6.45) is 6.13. The second kappa shape index (κ2) is 5.50. The Kier molecular flexibility index (Phi) is 4.01. The van der Waals surface area contributed by atoms with Crippen molar-refractivity contribution in [1.29, 1.82) is 0 Å². The van der Waals surface area contributed by atoms with Gasteiger partial charge in [-0.15, -0.1) is 11.8 Å². The first kappa shape index (κ1) is 11.7. The number of hydrogen-bond donors (Lipinski definition) is 1. The summed E-state index contributed by atoms with van der Waals surface area (Å²) in [5.74, 6) is 1.65. The van der Waals surface area contributed by atoms with Crippen LogP contribution in [0.2, 0.25) is 0 Å². The van der Waals surface area contributed by atoms with Crippen LogP contribution in [0.1, 0.15) is 12.8 Å². The van der Waals surface area contributed by atoms with Gasteiger partial charge in [0.2, 0.25) is 0 Å². The number of aromatic nitrogens is 2. The van der Waals surface area contributed by atoms with Crippen LogP contribution in [0.5, 0.6) is 0 Å². The van der Waals surface area contributed by atoms with E-state index in [0.717, 1.165) is 30.5 Å². The summed E-state index contributed by atoms with van der Waals surface area (Å²) < 4.78 is 0. The Balaban J connectivity index is 2.10. The van der Waals surface area contributed by atoms with Gasteiger partial charge in [-0.3, -0.25) is 0 Å². The maximum atomic E-state index is 5.74. The summed E-state index contributed by atoms with van der Waals surface area (Å²) in [5.41, 5.74) is 5.74. The zero-order chi connectivity index (χ0) is 11.4. The quantitative estimate of drug-likeness (QED) is 0.637. The minimum absolute atomic E-state index is 0.612. The third-order valence-electron chi connectivity index (χ3n) is 3.01. The third kappa shape index (κ3) is 2.65. The van der Waals surface area contributed by atoms with Gasteiger partial charge in [-0.25, -0.2) is 9.97 Å². The van der Waals surface area contributed by atoms with Gasteiger partial charge < -0.3 is 10.6 Å². The largest absolute Gasteiger partial charge is 0.356 e. The van der Waals surface area contributed by atoms with Gasteiger partial charge in [-0.1, -0.05) is 0 Å². The summed E-state index contributed by atoms with van der Waals surface area (Å²) in [6, 6.07) is 2.06. The Morgan fingerprint density at radius 1 is 1.56 bits per heavy atom. The standard InChI is InChI=1S/C11H18N4S/c1-16-11-5-10(13-8-14-11)15-4-2-3-9(6-12)7-15/h5,8-9H,2-4,6-7,12H2,1H3. The molecule has 1 aromatic rings. The molecule has 0 amide bonds. The van der Waals surface area contributed by atoms with Crippen LogP contribution in [-0.2, 0) is 0 Å². The van der Waals surface area contributed by atoms with Crippen molar-refractivity contribution in [2.24, 2.45) is 11.7 Å². The minimum Gasteiger partial charge on any atom is -0.356 e. The van der Waals surface area contributed by atoms with Gasteiger partial charge in [0.25, 0.3) is 0 Å². The fourth-order valence-electron chi connectivity index (χ4n) is 2.08. The van der Waals surface area contributed by atoms with E-state index in [2.05, 4.69) is 20.9 Å². The van der Waals surface area contributed by atoms with Crippen LogP contribution in [0.15, 0.2) is 17.4 Å². The molecular weight excluding hydrogens is 220 g/mol. The highest BCUT2D eigenvalue weighted by Crippen LogP contribution is 2.23. The molecule has 5 heteroatoms. The number of nitrogens with zero attached hydrogens (tertiary/aromatic N) is 3. The van der Waals surface area contributed by atoms with Gasteiger partial charge in [-0.05, 0) is 31.6 Å². The lowest BCUT2D eigenvalue weighted by molar-refractivity contribution is 0.421. The second-order valence-corrected chi connectivity index (χ2v) is 4.94. The average molecular weight is 238 g/mol. The van der Waals surface area contributed by atoms with Crippen LogP contribution < -0.4 is 10.6 Å². The number of thioether (sulfide) groups is 1. The molecular formula is C11H18N4S. The first-order valence-corrected chi connectivity index (χ1v) is 6.87. The third-order valence-corrected chi connectivity index (χ3v) is 3.65. The molecule has 88 valence electrons. The van der Waals surface area contributed by atoms with Crippen molar-refractivity contribution < 1.29 is 0 Å². The maximum absolute atomic E-state index is 5.74. The van der Waals surface area contributed by atoms with E-state index in [0.29, 0.717) is 5.92 Å². The van der Waals surface area contributed by atoms with E-state index in [1.54, 1.807) is 18.1 Å². The Morgan fingerprint density at radius 2 is 2.44 bits per heavy atom. The van der Waals surface area contributed by atoms with Gasteiger partial charge in [0, 0.05) is 19.2 Å². The van der Waals surface area contributed by atoms with Crippen molar-refractivity contribution in [2.75, 3.05) is 30.8 Å². The Hall–Kier alpha value is -0.810. The molecule has 1 aliphatic heterocycles. The predicted octanol–water partition coefficient (Wildman–Crippen LogP) is 1.37. The van der Waals surface area contributed by atoms with Crippen LogP contribution in [0.25, 0.3) is 0 Å². The van der Waals surface area contributed by atoms with E-state index in [4.69, 9.17) is 5.73 Å². The number of piperidine rings is 1. The number of anilines is 1. The minimum atomic E-state index is 0.612. The molecule has 1 atom stereocenters. The van der Waals surface area contributed by atoms with Crippen LogP contribution in [-0.4, -0.2) is 35.9 Å². The highest BCUT2D eigenvalue weighted by atomic mass is 32.2. The lowest BCUT2D eigenvalue weighted by Crippen LogP contribution is -2.38. The van der Waals surface area contributed by atoms with Crippen molar-refractivity contribution in [3.8, 4) is 0 Å². The number of rotatable bonds is 3. The molecule has 2 rings (SSSR count). The molecule has 1 saturated heterocycles. The second-order valence-electron chi connectivity index (χ2n) is 4.11. The monoisotopic (exact) mass is 238 g/mol. The molecule has 16 heavy (non-hydrogen) atoms. The lowest BCUT2D eigenvalue weighted by Gasteiger charge is -2.32. The van der Waals surface area contributed by atoms with Crippen molar-refractivity contribution in [3.63, 3.8) is 0 Å². The SMILES string of the molecule is CSc1cc(N2CCCC(CN)C2)ncn1. The van der Waals surface area contributed by atoms with Crippen molar-refractivity contribution in [3.05, 3.63) is 12.4 Å². The molecule has 1 unspecified atom stereocenters. The molecule has 4 nitrogen and oxygen atoms in total. The van der Waals surface area contributed by atoms with Crippen LogP contribution in [0.4, 0.5) is 5.82 Å². The van der Waals surface area contributed by atoms with Gasteiger partial charge in [-0.2, -0.15) is 0 Å². The van der Waals surface area contributed by atoms with Crippen molar-refractivity contribution >= 4 is 17.6 Å². The number of hydrogen-bond acceptors (Lipinski definition) is 5. The molecule has 1 aliphatic rings. The summed E-state index contributed by atoms with van der Waals surface area (Å²) in [7, 11) is 0. The Bertz CT molecular complexity index is 345. The molecule has 0 aliphatic carbocycles. The molecule has 0 aromatic carbocycles. The van der Waals surface area contributed by atoms with E-state index < -0.39 is 0 Å². The summed E-state index contributed by atoms with van der Waals surface area (Å²) in [5, 5.41) is 1.03. The summed E-state index contributed by atoms with van der Waals surface area (Å²) >= 11 is 1.65. The normalized spacial score (nSPS) is 21.1. The van der Waals surface area contributed by atoms with Gasteiger partial charge in [0.1, 0.15) is 17.2 Å². The predicted molar refractivity (Wildman–Crippen MR) is 67.8 cm³/mol. The van der Waals surface area contributed by atoms with Crippen LogP contribution >= 0.6 is 11.8 Å². The van der Waals surface area contributed by atoms with E-state index in [9.17, 15) is 0 Å². The molecule has 0 radical (unpaired) electrons. The molecule has 0 spiro atoms. The molecule has 0 saturated carbocycles. The first-order valence-electron chi connectivity index (χ1n) is 5.64. The van der Waals surface area contributed by atoms with E-state index in [1.807, 2.05) is 6.26 Å².